The summed E-state index contributed by atoms with van der Waals surface area (Å²) < 4.78 is 1.71. The average molecular weight is 383 g/mol. The van der Waals surface area contributed by atoms with E-state index < -0.39 is 0 Å². The molecule has 1 atom stereocenters. The Morgan fingerprint density at radius 3 is 2.52 bits per heavy atom. The van der Waals surface area contributed by atoms with Gasteiger partial charge in [0, 0.05) is 29.5 Å². The molecule has 0 fully saturated rings. The molecule has 3 rings (SSSR count). The Morgan fingerprint density at radius 2 is 1.83 bits per heavy atom. The molecule has 3 heteroatoms. The van der Waals surface area contributed by atoms with Crippen molar-refractivity contribution in [1.29, 1.82) is 0 Å². The molecule has 146 valence electrons. The van der Waals surface area contributed by atoms with Gasteiger partial charge in [0.15, 0.2) is 0 Å². The molecule has 1 aromatic heterocycles. The minimum Gasteiger partial charge on any atom is -0.303 e. The van der Waals surface area contributed by atoms with Crippen molar-refractivity contribution in [1.82, 2.24) is 4.57 Å². The van der Waals surface area contributed by atoms with Crippen LogP contribution in [0.15, 0.2) is 97.3 Å². The number of hydrogen-bond acceptors (Lipinski definition) is 2. The highest BCUT2D eigenvalue weighted by atomic mass is 16.2. The molecule has 0 aliphatic heterocycles. The van der Waals surface area contributed by atoms with Gasteiger partial charge in [0.05, 0.1) is 5.52 Å². The Kier molecular flexibility index (Phi) is 6.75. The molecule has 0 N–H and O–H groups in total. The standard InChI is InChI=1S/C26H25NO2/c1-3-5-12-20(4-2)26(29)27-19-24(23-15-9-10-17-25(23)27)22(16-11-18-28)21-13-7-6-8-14-21/h3-10,12-15,17-19,22H,1,11,16H2,2H3/b12-5-,20-4+. The van der Waals surface area contributed by atoms with E-state index in [1.807, 2.05) is 55.6 Å². The van der Waals surface area contributed by atoms with Crippen LogP contribution in [-0.2, 0) is 4.79 Å². The number of rotatable bonds is 8. The van der Waals surface area contributed by atoms with Crippen LogP contribution in [0.3, 0.4) is 0 Å². The summed E-state index contributed by atoms with van der Waals surface area (Å²) in [6.45, 7) is 5.53. The van der Waals surface area contributed by atoms with E-state index in [1.54, 1.807) is 28.9 Å². The Bertz CT molecular complexity index is 1070. The lowest BCUT2D eigenvalue weighted by Gasteiger charge is -2.16. The van der Waals surface area contributed by atoms with E-state index >= 15 is 0 Å². The zero-order chi connectivity index (χ0) is 20.6. The van der Waals surface area contributed by atoms with Crippen molar-refractivity contribution in [2.24, 2.45) is 0 Å². The lowest BCUT2D eigenvalue weighted by molar-refractivity contribution is -0.107. The van der Waals surface area contributed by atoms with Crippen LogP contribution in [0.2, 0.25) is 0 Å². The maximum Gasteiger partial charge on any atom is 0.262 e. The van der Waals surface area contributed by atoms with Crippen molar-refractivity contribution in [2.45, 2.75) is 25.7 Å². The van der Waals surface area contributed by atoms with Gasteiger partial charge in [-0.2, -0.15) is 0 Å². The summed E-state index contributed by atoms with van der Waals surface area (Å²) in [5.74, 6) is -0.0478. The second kappa shape index (κ2) is 9.65. The molecule has 1 unspecified atom stereocenters. The first kappa shape index (κ1) is 20.3. The van der Waals surface area contributed by atoms with Gasteiger partial charge in [-0.3, -0.25) is 9.36 Å². The summed E-state index contributed by atoms with van der Waals surface area (Å²) >= 11 is 0. The number of hydrogen-bond donors (Lipinski definition) is 0. The topological polar surface area (TPSA) is 39.1 Å². The van der Waals surface area contributed by atoms with Gasteiger partial charge in [0.25, 0.3) is 5.91 Å². The quantitative estimate of drug-likeness (QED) is 0.269. The fourth-order valence-corrected chi connectivity index (χ4v) is 3.68. The number of benzene rings is 2. The molecule has 0 saturated carbocycles. The summed E-state index contributed by atoms with van der Waals surface area (Å²) in [6.07, 6.45) is 11.0. The van der Waals surface area contributed by atoms with Crippen LogP contribution in [0, 0.1) is 0 Å². The van der Waals surface area contributed by atoms with Crippen LogP contribution in [0.1, 0.15) is 41.6 Å². The fourth-order valence-electron chi connectivity index (χ4n) is 3.68. The minimum atomic E-state index is -0.0877. The number of aromatic nitrogens is 1. The summed E-state index contributed by atoms with van der Waals surface area (Å²) in [5, 5.41) is 1.03. The van der Waals surface area contributed by atoms with Gasteiger partial charge < -0.3 is 4.79 Å². The molecule has 29 heavy (non-hydrogen) atoms. The summed E-state index contributed by atoms with van der Waals surface area (Å²) in [5.41, 5.74) is 3.67. The smallest absolute Gasteiger partial charge is 0.262 e. The van der Waals surface area contributed by atoms with Crippen LogP contribution in [0.4, 0.5) is 0 Å². The van der Waals surface area contributed by atoms with Gasteiger partial charge in [-0.1, -0.05) is 73.3 Å². The van der Waals surface area contributed by atoms with E-state index in [2.05, 4.69) is 18.7 Å². The molecule has 0 saturated heterocycles. The van der Waals surface area contributed by atoms with Crippen LogP contribution in [0.5, 0.6) is 0 Å². The highest BCUT2D eigenvalue weighted by molar-refractivity contribution is 6.04. The Morgan fingerprint density at radius 1 is 1.10 bits per heavy atom. The second-order valence-electron chi connectivity index (χ2n) is 6.82. The van der Waals surface area contributed by atoms with Crippen molar-refractivity contribution in [3.63, 3.8) is 0 Å². The second-order valence-corrected chi connectivity index (χ2v) is 6.82. The Hall–Kier alpha value is -3.46. The van der Waals surface area contributed by atoms with Crippen molar-refractivity contribution in [3.05, 3.63) is 108 Å². The van der Waals surface area contributed by atoms with Crippen molar-refractivity contribution in [2.75, 3.05) is 0 Å². The Balaban J connectivity index is 2.16. The number of allylic oxidation sites excluding steroid dienone is 5. The molecular weight excluding hydrogens is 358 g/mol. The maximum atomic E-state index is 13.2. The fraction of sp³-hybridized carbons (Fsp3) is 0.154. The summed E-state index contributed by atoms with van der Waals surface area (Å²) in [6, 6.07) is 18.1. The number of fused-ring (bicyclic) bond motifs is 1. The van der Waals surface area contributed by atoms with E-state index in [4.69, 9.17) is 0 Å². The summed E-state index contributed by atoms with van der Waals surface area (Å²) in [4.78, 5) is 24.3. The highest BCUT2D eigenvalue weighted by Crippen LogP contribution is 2.35. The van der Waals surface area contributed by atoms with Gasteiger partial charge in [-0.25, -0.2) is 0 Å². The number of nitrogens with zero attached hydrogens (tertiary/aromatic N) is 1. The predicted octanol–water partition coefficient (Wildman–Crippen LogP) is 6.08. The van der Waals surface area contributed by atoms with Crippen LogP contribution < -0.4 is 0 Å². The van der Waals surface area contributed by atoms with E-state index in [1.165, 1.54) is 0 Å². The SMILES string of the molecule is C=C/C=C\C(=C/C)C(=O)n1cc(C(CCC=O)c2ccccc2)c2ccccc21. The zero-order valence-corrected chi connectivity index (χ0v) is 16.6. The third-order valence-corrected chi connectivity index (χ3v) is 5.08. The molecule has 1 heterocycles. The molecule has 0 amide bonds. The molecule has 0 spiro atoms. The molecule has 3 aromatic rings. The number of aldehydes is 1. The van der Waals surface area contributed by atoms with E-state index in [-0.39, 0.29) is 11.8 Å². The third kappa shape index (κ3) is 4.35. The van der Waals surface area contributed by atoms with Crippen molar-refractivity contribution >= 4 is 23.1 Å². The number of carbonyl (C=O) groups is 2. The molecule has 0 aliphatic carbocycles. The van der Waals surface area contributed by atoms with E-state index in [9.17, 15) is 9.59 Å². The monoisotopic (exact) mass is 383 g/mol. The molecule has 2 aromatic carbocycles. The largest absolute Gasteiger partial charge is 0.303 e. The lowest BCUT2D eigenvalue weighted by Crippen LogP contribution is -2.11. The average Bonchev–Trinajstić information content (AvgIpc) is 3.15. The van der Waals surface area contributed by atoms with Gasteiger partial charge >= 0.3 is 0 Å². The number of para-hydroxylation sites is 1. The molecule has 3 nitrogen and oxygen atoms in total. The number of carbonyl (C=O) groups excluding carboxylic acids is 2. The zero-order valence-electron chi connectivity index (χ0n) is 16.6. The van der Waals surface area contributed by atoms with E-state index in [0.717, 1.165) is 28.3 Å². The predicted molar refractivity (Wildman–Crippen MR) is 119 cm³/mol. The van der Waals surface area contributed by atoms with Gasteiger partial charge in [0.2, 0.25) is 0 Å². The maximum absolute atomic E-state index is 13.2. The van der Waals surface area contributed by atoms with Gasteiger partial charge in [0.1, 0.15) is 6.29 Å². The van der Waals surface area contributed by atoms with Crippen molar-refractivity contribution < 1.29 is 9.59 Å². The minimum absolute atomic E-state index is 0.0399. The first-order valence-electron chi connectivity index (χ1n) is 9.80. The molecule has 0 bridgehead atoms. The molecule has 0 aliphatic rings. The van der Waals surface area contributed by atoms with E-state index in [0.29, 0.717) is 18.4 Å². The normalized spacial score (nSPS) is 12.9. The first-order chi connectivity index (χ1) is 14.2. The summed E-state index contributed by atoms with van der Waals surface area (Å²) in [7, 11) is 0. The molecular formula is C26H25NO2. The van der Waals surface area contributed by atoms with Crippen molar-refractivity contribution in [3.8, 4) is 0 Å². The first-order valence-corrected chi connectivity index (χ1v) is 9.80. The van der Waals surface area contributed by atoms with Crippen LogP contribution in [0.25, 0.3) is 10.9 Å². The van der Waals surface area contributed by atoms with Gasteiger partial charge in [-0.15, -0.1) is 0 Å². The van der Waals surface area contributed by atoms with Gasteiger partial charge in [-0.05, 0) is 36.6 Å². The van der Waals surface area contributed by atoms with Crippen LogP contribution >= 0.6 is 0 Å². The Labute approximate surface area is 171 Å². The third-order valence-electron chi connectivity index (χ3n) is 5.08. The van der Waals surface area contributed by atoms with Crippen LogP contribution in [-0.4, -0.2) is 16.8 Å². The lowest BCUT2D eigenvalue weighted by atomic mass is 9.87. The molecule has 0 radical (unpaired) electrons. The highest BCUT2D eigenvalue weighted by Gasteiger charge is 2.22.